The van der Waals surface area contributed by atoms with Crippen molar-refractivity contribution in [3.05, 3.63) is 23.8 Å². The van der Waals surface area contributed by atoms with Crippen molar-refractivity contribution < 1.29 is 15.0 Å². The highest BCUT2D eigenvalue weighted by Gasteiger charge is 2.69. The summed E-state index contributed by atoms with van der Waals surface area (Å²) in [7, 11) is 0. The first kappa shape index (κ1) is 16.8. The molecule has 0 amide bonds. The Kier molecular flexibility index (Phi) is 3.47. The Balaban J connectivity index is 1.83. The number of hydrogen-bond acceptors (Lipinski definition) is 3. The Morgan fingerprint density at radius 1 is 1.25 bits per heavy atom. The number of rotatable bonds is 0. The molecule has 4 aliphatic carbocycles. The van der Waals surface area contributed by atoms with Crippen LogP contribution in [0.3, 0.4) is 0 Å². The molecule has 3 saturated carbocycles. The Labute approximate surface area is 148 Å². The summed E-state index contributed by atoms with van der Waals surface area (Å²) in [5.74, 6) is 0.709. The number of alkyl halides is 1. The number of aliphatic hydroxyl groups is 2. The molecule has 0 aromatic carbocycles. The first-order valence-corrected chi connectivity index (χ1v) is 9.51. The van der Waals surface area contributed by atoms with Gasteiger partial charge < -0.3 is 10.2 Å². The van der Waals surface area contributed by atoms with Gasteiger partial charge in [0.05, 0.1) is 17.1 Å². The van der Waals surface area contributed by atoms with Gasteiger partial charge >= 0.3 is 0 Å². The second-order valence-corrected chi connectivity index (χ2v) is 9.64. The minimum Gasteiger partial charge on any atom is -0.392 e. The van der Waals surface area contributed by atoms with Crippen molar-refractivity contribution in [2.45, 2.75) is 63.5 Å². The summed E-state index contributed by atoms with van der Waals surface area (Å²) in [6.07, 6.45) is 7.36. The Morgan fingerprint density at radius 2 is 1.96 bits per heavy atom. The van der Waals surface area contributed by atoms with E-state index in [1.807, 2.05) is 6.08 Å². The minimum absolute atomic E-state index is 0.0150. The number of allylic oxidation sites excluding steroid dienone is 4. The van der Waals surface area contributed by atoms with Crippen LogP contribution in [0.1, 0.15) is 46.5 Å². The van der Waals surface area contributed by atoms with Crippen molar-refractivity contribution in [1.82, 2.24) is 0 Å². The predicted octanol–water partition coefficient (Wildman–Crippen LogP) is 3.23. The fourth-order valence-corrected chi connectivity index (χ4v) is 7.08. The lowest BCUT2D eigenvalue weighted by Gasteiger charge is -2.63. The normalized spacial score (nSPS) is 56.3. The molecule has 132 valence electrons. The number of fused-ring (bicyclic) bond motifs is 5. The molecule has 0 spiro atoms. The Morgan fingerprint density at radius 3 is 2.67 bits per heavy atom. The number of halogens is 1. The van der Waals surface area contributed by atoms with Crippen LogP contribution in [0.2, 0.25) is 0 Å². The van der Waals surface area contributed by atoms with Crippen molar-refractivity contribution in [2.24, 2.45) is 28.6 Å². The second kappa shape index (κ2) is 4.96. The van der Waals surface area contributed by atoms with Crippen LogP contribution < -0.4 is 0 Å². The van der Waals surface area contributed by atoms with Crippen molar-refractivity contribution in [2.75, 3.05) is 0 Å². The molecule has 24 heavy (non-hydrogen) atoms. The monoisotopic (exact) mass is 350 g/mol. The van der Waals surface area contributed by atoms with Crippen LogP contribution in [0.4, 0.5) is 0 Å². The Hall–Kier alpha value is -0.640. The van der Waals surface area contributed by atoms with Gasteiger partial charge in [-0.3, -0.25) is 4.79 Å². The van der Waals surface area contributed by atoms with Crippen LogP contribution >= 0.6 is 11.6 Å². The molecule has 0 radical (unpaired) electrons. The van der Waals surface area contributed by atoms with Gasteiger partial charge in [0.15, 0.2) is 5.78 Å². The third kappa shape index (κ3) is 1.79. The zero-order valence-corrected chi connectivity index (χ0v) is 15.4. The summed E-state index contributed by atoms with van der Waals surface area (Å²) < 4.78 is 0. The third-order valence-corrected chi connectivity index (χ3v) is 8.84. The molecular weight excluding hydrogens is 324 g/mol. The van der Waals surface area contributed by atoms with Gasteiger partial charge in [0.1, 0.15) is 0 Å². The highest BCUT2D eigenvalue weighted by atomic mass is 35.5. The topological polar surface area (TPSA) is 57.5 Å². The summed E-state index contributed by atoms with van der Waals surface area (Å²) in [6, 6.07) is 0. The van der Waals surface area contributed by atoms with E-state index in [1.165, 1.54) is 0 Å². The van der Waals surface area contributed by atoms with Crippen LogP contribution in [0.25, 0.3) is 0 Å². The fourth-order valence-electron chi connectivity index (χ4n) is 6.55. The standard InChI is InChI=1S/C20H27ClO3/c1-11-8-15-14-5-4-12-9-13(22)6-7-19(12,3)20(14,21)16(23)10-18(15,2)17(11)24/h6-7,9,11,14-17,23-24H,4-5,8,10H2,1-3H3/t11-,14-,15-,16-,17+,18-,19-,20-/m0/s1. The summed E-state index contributed by atoms with van der Waals surface area (Å²) in [4.78, 5) is 11.0. The van der Waals surface area contributed by atoms with Gasteiger partial charge in [-0.05, 0) is 61.0 Å². The number of ketones is 1. The largest absolute Gasteiger partial charge is 0.392 e. The maximum atomic E-state index is 11.8. The average Bonchev–Trinajstić information content (AvgIpc) is 2.74. The fraction of sp³-hybridized carbons (Fsp3) is 0.750. The zero-order valence-electron chi connectivity index (χ0n) is 14.6. The van der Waals surface area contributed by atoms with Crippen LogP contribution in [0, 0.1) is 28.6 Å². The molecular formula is C20H27ClO3. The molecule has 4 aliphatic rings. The molecule has 0 heterocycles. The van der Waals surface area contributed by atoms with Crippen LogP contribution in [-0.2, 0) is 4.79 Å². The highest BCUT2D eigenvalue weighted by molar-refractivity contribution is 6.26. The van der Waals surface area contributed by atoms with Gasteiger partial charge in [0.2, 0.25) is 0 Å². The molecule has 0 aromatic heterocycles. The van der Waals surface area contributed by atoms with Gasteiger partial charge in [0, 0.05) is 5.41 Å². The lowest BCUT2D eigenvalue weighted by atomic mass is 9.47. The van der Waals surface area contributed by atoms with Gasteiger partial charge in [-0.15, -0.1) is 11.6 Å². The van der Waals surface area contributed by atoms with E-state index in [9.17, 15) is 15.0 Å². The molecule has 4 heteroatoms. The van der Waals surface area contributed by atoms with E-state index >= 15 is 0 Å². The quantitative estimate of drug-likeness (QED) is 0.659. The lowest BCUT2D eigenvalue weighted by molar-refractivity contribution is -0.118. The maximum Gasteiger partial charge on any atom is 0.178 e. The van der Waals surface area contributed by atoms with Gasteiger partial charge in [-0.25, -0.2) is 0 Å². The minimum atomic E-state index is -0.803. The molecule has 0 aromatic rings. The average molecular weight is 351 g/mol. The maximum absolute atomic E-state index is 11.8. The summed E-state index contributed by atoms with van der Waals surface area (Å²) >= 11 is 7.28. The Bertz CT molecular complexity index is 655. The van der Waals surface area contributed by atoms with E-state index in [0.29, 0.717) is 12.3 Å². The van der Waals surface area contributed by atoms with Crippen LogP contribution in [0.5, 0.6) is 0 Å². The molecule has 0 saturated heterocycles. The van der Waals surface area contributed by atoms with E-state index in [4.69, 9.17) is 11.6 Å². The molecule has 2 N–H and O–H groups in total. The second-order valence-electron chi connectivity index (χ2n) is 9.01. The molecule has 3 fully saturated rings. The van der Waals surface area contributed by atoms with Crippen molar-refractivity contribution in [1.29, 1.82) is 0 Å². The number of carbonyl (C=O) groups excluding carboxylic acids is 1. The molecule has 8 atom stereocenters. The zero-order chi connectivity index (χ0) is 17.5. The highest BCUT2D eigenvalue weighted by Crippen LogP contribution is 2.69. The molecule has 0 bridgehead atoms. The summed E-state index contributed by atoms with van der Waals surface area (Å²) in [5.41, 5.74) is 0.284. The molecule has 3 nitrogen and oxygen atoms in total. The van der Waals surface area contributed by atoms with E-state index in [0.717, 1.165) is 24.8 Å². The van der Waals surface area contributed by atoms with Gasteiger partial charge in [0.25, 0.3) is 0 Å². The number of hydrogen-bond donors (Lipinski definition) is 2. The van der Waals surface area contributed by atoms with Crippen molar-refractivity contribution in [3.8, 4) is 0 Å². The first-order chi connectivity index (χ1) is 11.1. The predicted molar refractivity (Wildman–Crippen MR) is 93.7 cm³/mol. The van der Waals surface area contributed by atoms with Gasteiger partial charge in [-0.2, -0.15) is 0 Å². The first-order valence-electron chi connectivity index (χ1n) is 9.14. The van der Waals surface area contributed by atoms with Crippen LogP contribution in [-0.4, -0.2) is 33.1 Å². The van der Waals surface area contributed by atoms with E-state index < -0.39 is 16.4 Å². The summed E-state index contributed by atoms with van der Waals surface area (Å²) in [5, 5.41) is 21.9. The number of carbonyl (C=O) groups is 1. The number of aliphatic hydroxyl groups excluding tert-OH is 2. The van der Waals surface area contributed by atoms with Crippen molar-refractivity contribution in [3.63, 3.8) is 0 Å². The summed E-state index contributed by atoms with van der Waals surface area (Å²) in [6.45, 7) is 6.30. The van der Waals surface area contributed by atoms with E-state index in [1.54, 1.807) is 12.2 Å². The smallest absolute Gasteiger partial charge is 0.178 e. The van der Waals surface area contributed by atoms with E-state index in [-0.39, 0.29) is 29.1 Å². The van der Waals surface area contributed by atoms with Gasteiger partial charge in [-0.1, -0.05) is 32.4 Å². The molecule has 0 aliphatic heterocycles. The van der Waals surface area contributed by atoms with E-state index in [2.05, 4.69) is 20.8 Å². The molecule has 4 rings (SSSR count). The van der Waals surface area contributed by atoms with Crippen LogP contribution in [0.15, 0.2) is 23.8 Å². The molecule has 0 unspecified atom stereocenters. The SMILES string of the molecule is C[C@H]1C[C@H]2[C@@H]3CCC4=CC(=O)C=C[C@]4(C)[C@@]3(Cl)[C@@H](O)C[C@]2(C)[C@@H]1O. The third-order valence-electron chi connectivity index (χ3n) is 7.92. The lowest BCUT2D eigenvalue weighted by Crippen LogP contribution is -2.66. The van der Waals surface area contributed by atoms with Crippen molar-refractivity contribution >= 4 is 17.4 Å².